The van der Waals surface area contributed by atoms with Gasteiger partial charge in [-0.15, -0.1) is 0 Å². The van der Waals surface area contributed by atoms with Crippen molar-refractivity contribution in [3.63, 3.8) is 0 Å². The molecule has 0 aliphatic carbocycles. The smallest absolute Gasteiger partial charge is 0.246 e. The summed E-state index contributed by atoms with van der Waals surface area (Å²) >= 11 is 0. The molecule has 1 atom stereocenters. The van der Waals surface area contributed by atoms with Gasteiger partial charge in [-0.3, -0.25) is 9.48 Å². The van der Waals surface area contributed by atoms with E-state index in [4.69, 9.17) is 10.8 Å². The normalized spacial score (nSPS) is 12.1. The van der Waals surface area contributed by atoms with Crippen LogP contribution in [0.15, 0.2) is 36.7 Å². The second-order valence-electron chi connectivity index (χ2n) is 4.94. The lowest BCUT2D eigenvalue weighted by Crippen LogP contribution is -2.27. The predicted octanol–water partition coefficient (Wildman–Crippen LogP) is 0.983. The molecule has 1 amide bonds. The van der Waals surface area contributed by atoms with E-state index in [0.29, 0.717) is 17.7 Å². The Bertz CT molecular complexity index is 609. The van der Waals surface area contributed by atoms with Crippen LogP contribution < -0.4 is 11.1 Å². The van der Waals surface area contributed by atoms with E-state index in [9.17, 15) is 4.79 Å². The molecule has 4 N–H and O–H groups in total. The summed E-state index contributed by atoms with van der Waals surface area (Å²) in [6.45, 7) is 0.155. The van der Waals surface area contributed by atoms with E-state index in [0.717, 1.165) is 12.0 Å². The van der Waals surface area contributed by atoms with Crippen LogP contribution in [0.2, 0.25) is 0 Å². The van der Waals surface area contributed by atoms with Crippen molar-refractivity contribution in [3.8, 4) is 0 Å². The Kier molecular flexibility index (Phi) is 5.08. The number of nitrogens with two attached hydrogens (primary N) is 1. The zero-order valence-electron chi connectivity index (χ0n) is 12.0. The van der Waals surface area contributed by atoms with E-state index in [1.54, 1.807) is 24.1 Å². The standard InChI is InChI=1S/C15H20N4O2/c1-19-10-12(9-17-19)14(16)15(21)18-13-6-2-4-11(8-13)5-3-7-20/h2,4,6,8-10,14,20H,3,5,7,16H2,1H3,(H,18,21). The molecular formula is C15H20N4O2. The maximum Gasteiger partial charge on any atom is 0.246 e. The topological polar surface area (TPSA) is 93.2 Å². The van der Waals surface area contributed by atoms with Gasteiger partial charge in [0.25, 0.3) is 0 Å². The molecule has 2 aromatic rings. The van der Waals surface area contributed by atoms with E-state index in [-0.39, 0.29) is 12.5 Å². The van der Waals surface area contributed by atoms with Gasteiger partial charge in [0, 0.05) is 31.1 Å². The molecule has 1 aromatic heterocycles. The van der Waals surface area contributed by atoms with E-state index in [1.807, 2.05) is 24.3 Å². The average Bonchev–Trinajstić information content (AvgIpc) is 2.91. The minimum atomic E-state index is -0.750. The van der Waals surface area contributed by atoms with Crippen LogP contribution in [0.3, 0.4) is 0 Å². The third kappa shape index (κ3) is 4.14. The van der Waals surface area contributed by atoms with E-state index >= 15 is 0 Å². The maximum absolute atomic E-state index is 12.1. The molecule has 2 rings (SSSR count). The van der Waals surface area contributed by atoms with Crippen molar-refractivity contribution in [2.45, 2.75) is 18.9 Å². The number of aliphatic hydroxyl groups is 1. The van der Waals surface area contributed by atoms with Crippen LogP contribution in [0.25, 0.3) is 0 Å². The third-order valence-corrected chi connectivity index (χ3v) is 3.18. The number of hydrogen-bond donors (Lipinski definition) is 3. The third-order valence-electron chi connectivity index (χ3n) is 3.18. The fourth-order valence-corrected chi connectivity index (χ4v) is 2.06. The lowest BCUT2D eigenvalue weighted by Gasteiger charge is -2.11. The highest BCUT2D eigenvalue weighted by atomic mass is 16.2. The molecule has 0 saturated heterocycles. The summed E-state index contributed by atoms with van der Waals surface area (Å²) in [7, 11) is 1.78. The van der Waals surface area contributed by atoms with E-state index < -0.39 is 6.04 Å². The fourth-order valence-electron chi connectivity index (χ4n) is 2.06. The van der Waals surface area contributed by atoms with Crippen molar-refractivity contribution in [2.24, 2.45) is 12.8 Å². The number of anilines is 1. The highest BCUT2D eigenvalue weighted by molar-refractivity contribution is 5.95. The molecule has 1 aromatic carbocycles. The predicted molar refractivity (Wildman–Crippen MR) is 80.6 cm³/mol. The minimum Gasteiger partial charge on any atom is -0.396 e. The quantitative estimate of drug-likeness (QED) is 0.739. The molecule has 1 heterocycles. The number of rotatable bonds is 6. The summed E-state index contributed by atoms with van der Waals surface area (Å²) < 4.78 is 1.61. The first-order valence-electron chi connectivity index (χ1n) is 6.85. The summed E-state index contributed by atoms with van der Waals surface area (Å²) in [5, 5.41) is 15.7. The van der Waals surface area contributed by atoms with Crippen molar-refractivity contribution < 1.29 is 9.90 Å². The molecule has 1 unspecified atom stereocenters. The van der Waals surface area contributed by atoms with Gasteiger partial charge in [0.1, 0.15) is 6.04 Å². The van der Waals surface area contributed by atoms with Crippen molar-refractivity contribution in [1.29, 1.82) is 0 Å². The molecule has 0 spiro atoms. The Morgan fingerprint density at radius 3 is 3.00 bits per heavy atom. The van der Waals surface area contributed by atoms with Gasteiger partial charge >= 0.3 is 0 Å². The zero-order chi connectivity index (χ0) is 15.2. The molecule has 112 valence electrons. The highest BCUT2D eigenvalue weighted by Gasteiger charge is 2.17. The van der Waals surface area contributed by atoms with Gasteiger partial charge in [-0.25, -0.2) is 0 Å². The second-order valence-corrected chi connectivity index (χ2v) is 4.94. The van der Waals surface area contributed by atoms with Crippen LogP contribution in [-0.2, 0) is 18.3 Å². The molecule has 21 heavy (non-hydrogen) atoms. The molecule has 0 radical (unpaired) electrons. The van der Waals surface area contributed by atoms with Crippen molar-refractivity contribution in [1.82, 2.24) is 9.78 Å². The molecular weight excluding hydrogens is 268 g/mol. The summed E-state index contributed by atoms with van der Waals surface area (Å²) in [6, 6.07) is 6.80. The summed E-state index contributed by atoms with van der Waals surface area (Å²) in [5.74, 6) is -0.276. The lowest BCUT2D eigenvalue weighted by atomic mass is 10.1. The first-order chi connectivity index (χ1) is 10.1. The number of aromatic nitrogens is 2. The Balaban J connectivity index is 2.02. The summed E-state index contributed by atoms with van der Waals surface area (Å²) in [4.78, 5) is 12.1. The molecule has 0 saturated carbocycles. The number of carbonyl (C=O) groups excluding carboxylic acids is 1. The SMILES string of the molecule is Cn1cc(C(N)C(=O)Nc2cccc(CCCO)c2)cn1. The zero-order valence-corrected chi connectivity index (χ0v) is 12.0. The molecule has 0 aliphatic rings. The monoisotopic (exact) mass is 288 g/mol. The fraction of sp³-hybridized carbons (Fsp3) is 0.333. The number of hydrogen-bond acceptors (Lipinski definition) is 4. The summed E-state index contributed by atoms with van der Waals surface area (Å²) in [6.07, 6.45) is 4.78. The van der Waals surface area contributed by atoms with Gasteiger partial charge in [-0.05, 0) is 30.5 Å². The largest absolute Gasteiger partial charge is 0.396 e. The number of aryl methyl sites for hydroxylation is 2. The van der Waals surface area contributed by atoms with Crippen molar-refractivity contribution >= 4 is 11.6 Å². The highest BCUT2D eigenvalue weighted by Crippen LogP contribution is 2.15. The molecule has 0 bridgehead atoms. The van der Waals surface area contributed by atoms with Crippen LogP contribution in [0.5, 0.6) is 0 Å². The second kappa shape index (κ2) is 7.01. The first-order valence-corrected chi connectivity index (χ1v) is 6.85. The van der Waals surface area contributed by atoms with Crippen LogP contribution in [0, 0.1) is 0 Å². The number of aliphatic hydroxyl groups excluding tert-OH is 1. The Labute approximate surface area is 123 Å². The Morgan fingerprint density at radius 2 is 2.33 bits per heavy atom. The Morgan fingerprint density at radius 1 is 1.52 bits per heavy atom. The maximum atomic E-state index is 12.1. The first kappa shape index (κ1) is 15.2. The lowest BCUT2D eigenvalue weighted by molar-refractivity contribution is -0.117. The van der Waals surface area contributed by atoms with Gasteiger partial charge in [0.15, 0.2) is 0 Å². The molecule has 6 heteroatoms. The van der Waals surface area contributed by atoms with E-state index in [2.05, 4.69) is 10.4 Å². The number of amides is 1. The average molecular weight is 288 g/mol. The number of carbonyl (C=O) groups is 1. The van der Waals surface area contributed by atoms with Crippen molar-refractivity contribution in [3.05, 3.63) is 47.8 Å². The molecule has 0 fully saturated rings. The minimum absolute atomic E-state index is 0.155. The molecule has 6 nitrogen and oxygen atoms in total. The van der Waals surface area contributed by atoms with Crippen LogP contribution in [0.1, 0.15) is 23.6 Å². The van der Waals surface area contributed by atoms with Gasteiger partial charge in [0.2, 0.25) is 5.91 Å². The summed E-state index contributed by atoms with van der Waals surface area (Å²) in [5.41, 5.74) is 8.36. The number of nitrogens with one attached hydrogen (secondary N) is 1. The van der Waals surface area contributed by atoms with Crippen LogP contribution in [0.4, 0.5) is 5.69 Å². The van der Waals surface area contributed by atoms with Crippen molar-refractivity contribution in [2.75, 3.05) is 11.9 Å². The van der Waals surface area contributed by atoms with Crippen LogP contribution in [-0.4, -0.2) is 27.4 Å². The van der Waals surface area contributed by atoms with Gasteiger partial charge in [-0.2, -0.15) is 5.10 Å². The Hall–Kier alpha value is -2.18. The number of benzene rings is 1. The van der Waals surface area contributed by atoms with Crippen LogP contribution >= 0.6 is 0 Å². The van der Waals surface area contributed by atoms with Gasteiger partial charge in [-0.1, -0.05) is 12.1 Å². The van der Waals surface area contributed by atoms with Gasteiger partial charge < -0.3 is 16.2 Å². The van der Waals surface area contributed by atoms with Gasteiger partial charge in [0.05, 0.1) is 6.20 Å². The van der Waals surface area contributed by atoms with E-state index in [1.165, 1.54) is 0 Å². The molecule has 0 aliphatic heterocycles. The number of nitrogens with zero attached hydrogens (tertiary/aromatic N) is 2.